The maximum Gasteiger partial charge on any atom is 0.347 e. The van der Waals surface area contributed by atoms with Crippen molar-refractivity contribution in [2.75, 3.05) is 6.54 Å². The number of nitrogens with zero attached hydrogens (tertiary/aromatic N) is 1. The second kappa shape index (κ2) is 5.83. The number of carboxylic acids is 1. The minimum atomic E-state index is -3.73. The van der Waals surface area contributed by atoms with Crippen LogP contribution in [0.4, 0.5) is 0 Å². The van der Waals surface area contributed by atoms with E-state index in [0.717, 1.165) is 37.0 Å². The molecule has 2 rings (SSSR count). The predicted octanol–water partition coefficient (Wildman–Crippen LogP) is 2.71. The first-order valence-electron chi connectivity index (χ1n) is 6.72. The summed E-state index contributed by atoms with van der Waals surface area (Å²) in [6.07, 6.45) is 3.79. The van der Waals surface area contributed by atoms with Crippen LogP contribution in [0.25, 0.3) is 0 Å². The Labute approximate surface area is 123 Å². The molecule has 1 heterocycles. The maximum atomic E-state index is 12.8. The van der Waals surface area contributed by atoms with Gasteiger partial charge in [0.1, 0.15) is 9.77 Å². The highest BCUT2D eigenvalue weighted by molar-refractivity contribution is 7.89. The molecule has 1 aromatic rings. The summed E-state index contributed by atoms with van der Waals surface area (Å²) in [6.45, 7) is 3.83. The van der Waals surface area contributed by atoms with Crippen LogP contribution in [0.3, 0.4) is 0 Å². The highest BCUT2D eigenvalue weighted by Crippen LogP contribution is 2.33. The van der Waals surface area contributed by atoms with E-state index in [1.54, 1.807) is 19.2 Å². The molecule has 0 spiro atoms. The molecule has 1 aromatic heterocycles. The second-order valence-corrected chi connectivity index (χ2v) is 7.74. The van der Waals surface area contributed by atoms with Crippen molar-refractivity contribution in [3.05, 3.63) is 15.8 Å². The van der Waals surface area contributed by atoms with Crippen LogP contribution in [0.2, 0.25) is 0 Å². The summed E-state index contributed by atoms with van der Waals surface area (Å²) < 4.78 is 27.1. The molecule has 0 unspecified atom stereocenters. The average molecular weight is 317 g/mol. The van der Waals surface area contributed by atoms with Crippen LogP contribution in [-0.2, 0) is 10.0 Å². The van der Waals surface area contributed by atoms with Gasteiger partial charge >= 0.3 is 5.97 Å². The van der Waals surface area contributed by atoms with Gasteiger partial charge in [0.05, 0.1) is 0 Å². The summed E-state index contributed by atoms with van der Waals surface area (Å²) in [4.78, 5) is 11.1. The molecule has 0 saturated heterocycles. The SMILES string of the molecule is CCN(C1CCCC1)S(=O)(=O)c1c(C)csc1C(=O)O. The van der Waals surface area contributed by atoms with E-state index in [1.165, 1.54) is 4.31 Å². The molecule has 1 aliphatic rings. The highest BCUT2D eigenvalue weighted by atomic mass is 32.2. The number of rotatable bonds is 5. The van der Waals surface area contributed by atoms with Gasteiger partial charge in [0, 0.05) is 12.6 Å². The lowest BCUT2D eigenvalue weighted by atomic mass is 10.2. The molecule has 1 saturated carbocycles. The molecular formula is C13H19NO4S2. The van der Waals surface area contributed by atoms with Gasteiger partial charge in [-0.25, -0.2) is 13.2 Å². The fraction of sp³-hybridized carbons (Fsp3) is 0.615. The van der Waals surface area contributed by atoms with E-state index in [2.05, 4.69) is 0 Å². The lowest BCUT2D eigenvalue weighted by Gasteiger charge is -2.27. The van der Waals surface area contributed by atoms with Gasteiger partial charge in [-0.3, -0.25) is 0 Å². The van der Waals surface area contributed by atoms with E-state index in [4.69, 9.17) is 0 Å². The maximum absolute atomic E-state index is 12.8. The number of aryl methyl sites for hydroxylation is 1. The third-order valence-electron chi connectivity index (χ3n) is 3.72. The number of carbonyl (C=O) groups is 1. The van der Waals surface area contributed by atoms with Crippen molar-refractivity contribution >= 4 is 27.3 Å². The molecule has 20 heavy (non-hydrogen) atoms. The zero-order valence-electron chi connectivity index (χ0n) is 11.6. The molecule has 1 N–H and O–H groups in total. The first kappa shape index (κ1) is 15.5. The zero-order valence-corrected chi connectivity index (χ0v) is 13.3. The molecule has 112 valence electrons. The molecule has 0 aromatic carbocycles. The molecular weight excluding hydrogens is 298 g/mol. The van der Waals surface area contributed by atoms with Crippen LogP contribution >= 0.6 is 11.3 Å². The smallest absolute Gasteiger partial charge is 0.347 e. The van der Waals surface area contributed by atoms with Gasteiger partial charge in [0.15, 0.2) is 0 Å². The van der Waals surface area contributed by atoms with Gasteiger partial charge in [-0.1, -0.05) is 19.8 Å². The molecule has 0 radical (unpaired) electrons. The van der Waals surface area contributed by atoms with Crippen LogP contribution in [0.1, 0.15) is 47.8 Å². The lowest BCUT2D eigenvalue weighted by Crippen LogP contribution is -2.39. The van der Waals surface area contributed by atoms with E-state index >= 15 is 0 Å². The molecule has 1 fully saturated rings. The topological polar surface area (TPSA) is 74.7 Å². The Morgan fingerprint density at radius 3 is 2.55 bits per heavy atom. The Balaban J connectivity index is 2.48. The molecule has 1 aliphatic carbocycles. The minimum absolute atomic E-state index is 0.00550. The van der Waals surface area contributed by atoms with Crippen molar-refractivity contribution in [1.82, 2.24) is 4.31 Å². The number of aromatic carboxylic acids is 1. The Bertz CT molecular complexity index is 600. The van der Waals surface area contributed by atoms with Crippen LogP contribution in [-0.4, -0.2) is 36.4 Å². The van der Waals surface area contributed by atoms with Crippen LogP contribution in [0, 0.1) is 6.92 Å². The number of sulfonamides is 1. The first-order valence-corrected chi connectivity index (χ1v) is 9.04. The van der Waals surface area contributed by atoms with Crippen molar-refractivity contribution in [2.24, 2.45) is 0 Å². The van der Waals surface area contributed by atoms with Crippen molar-refractivity contribution in [2.45, 2.75) is 50.5 Å². The quantitative estimate of drug-likeness (QED) is 0.906. The molecule has 0 amide bonds. The van der Waals surface area contributed by atoms with Gasteiger partial charge in [-0.05, 0) is 30.7 Å². The Morgan fingerprint density at radius 2 is 2.05 bits per heavy atom. The van der Waals surface area contributed by atoms with Crippen molar-refractivity contribution in [1.29, 1.82) is 0 Å². The molecule has 0 atom stereocenters. The molecule has 0 aliphatic heterocycles. The van der Waals surface area contributed by atoms with Gasteiger partial charge in [0.2, 0.25) is 10.0 Å². The largest absolute Gasteiger partial charge is 0.477 e. The summed E-state index contributed by atoms with van der Waals surface area (Å²) in [5.41, 5.74) is 0.517. The summed E-state index contributed by atoms with van der Waals surface area (Å²) in [7, 11) is -3.73. The van der Waals surface area contributed by atoms with E-state index in [-0.39, 0.29) is 15.8 Å². The van der Waals surface area contributed by atoms with Gasteiger partial charge < -0.3 is 5.11 Å². The fourth-order valence-electron chi connectivity index (χ4n) is 2.84. The Kier molecular flexibility index (Phi) is 4.51. The third kappa shape index (κ3) is 2.62. The van der Waals surface area contributed by atoms with E-state index in [1.807, 2.05) is 0 Å². The number of carboxylic acid groups (broad SMARTS) is 1. The third-order valence-corrected chi connectivity index (χ3v) is 7.15. The Morgan fingerprint density at radius 1 is 1.45 bits per heavy atom. The minimum Gasteiger partial charge on any atom is -0.477 e. The van der Waals surface area contributed by atoms with E-state index in [0.29, 0.717) is 12.1 Å². The summed E-state index contributed by atoms with van der Waals surface area (Å²) in [5, 5.41) is 10.8. The predicted molar refractivity (Wildman–Crippen MR) is 77.8 cm³/mol. The monoisotopic (exact) mass is 317 g/mol. The standard InChI is InChI=1S/C13H19NO4S2/c1-3-14(10-6-4-5-7-10)20(17,18)12-9(2)8-19-11(12)13(15)16/h8,10H,3-7H2,1-2H3,(H,15,16). The zero-order chi connectivity index (χ0) is 14.9. The van der Waals surface area contributed by atoms with Gasteiger partial charge in [-0.2, -0.15) is 4.31 Å². The van der Waals surface area contributed by atoms with Crippen molar-refractivity contribution in [3.63, 3.8) is 0 Å². The normalized spacial score (nSPS) is 16.9. The van der Waals surface area contributed by atoms with E-state index < -0.39 is 16.0 Å². The summed E-state index contributed by atoms with van der Waals surface area (Å²) >= 11 is 0.976. The van der Waals surface area contributed by atoms with Crippen LogP contribution in [0.5, 0.6) is 0 Å². The van der Waals surface area contributed by atoms with E-state index in [9.17, 15) is 18.3 Å². The molecule has 5 nitrogen and oxygen atoms in total. The van der Waals surface area contributed by atoms with Crippen molar-refractivity contribution < 1.29 is 18.3 Å². The average Bonchev–Trinajstić information content (AvgIpc) is 2.98. The number of hydrogen-bond acceptors (Lipinski definition) is 4. The summed E-state index contributed by atoms with van der Waals surface area (Å²) in [5.74, 6) is -1.18. The fourth-order valence-corrected chi connectivity index (χ4v) is 6.12. The Hall–Kier alpha value is -0.920. The van der Waals surface area contributed by atoms with Crippen molar-refractivity contribution in [3.8, 4) is 0 Å². The molecule has 0 bridgehead atoms. The highest BCUT2D eigenvalue weighted by Gasteiger charge is 2.36. The van der Waals surface area contributed by atoms with Crippen LogP contribution < -0.4 is 0 Å². The van der Waals surface area contributed by atoms with Gasteiger partial charge in [-0.15, -0.1) is 11.3 Å². The molecule has 7 heteroatoms. The second-order valence-electron chi connectivity index (χ2n) is 5.03. The first-order chi connectivity index (χ1) is 9.39. The summed E-state index contributed by atoms with van der Waals surface area (Å²) in [6, 6.07) is 0.00550. The van der Waals surface area contributed by atoms with Gasteiger partial charge in [0.25, 0.3) is 0 Å². The number of hydrogen-bond donors (Lipinski definition) is 1. The van der Waals surface area contributed by atoms with Crippen LogP contribution in [0.15, 0.2) is 10.3 Å². The number of thiophene rings is 1. The lowest BCUT2D eigenvalue weighted by molar-refractivity contribution is 0.0698.